The first-order chi connectivity index (χ1) is 5.90. The summed E-state index contributed by atoms with van der Waals surface area (Å²) in [5, 5.41) is 8.01. The van der Waals surface area contributed by atoms with Gasteiger partial charge in [0.15, 0.2) is 0 Å². The molecule has 0 atom stereocenters. The molecule has 78 valence electrons. The highest BCUT2D eigenvalue weighted by Gasteiger charge is 1.96. The summed E-state index contributed by atoms with van der Waals surface area (Å²) >= 11 is 0. The lowest BCUT2D eigenvalue weighted by molar-refractivity contribution is 0.971. The van der Waals surface area contributed by atoms with Crippen LogP contribution in [0.3, 0.4) is 0 Å². The summed E-state index contributed by atoms with van der Waals surface area (Å²) in [6, 6.07) is 6.23. The van der Waals surface area contributed by atoms with Crippen LogP contribution in [0, 0.1) is 0 Å². The molecular weight excluding hydrogens is 221 g/mol. The molecule has 1 aromatic heterocycles. The number of fused-ring (bicyclic) bond motifs is 1. The maximum atomic E-state index is 5.46. The molecule has 14 heavy (non-hydrogen) atoms. The fourth-order valence-electron chi connectivity index (χ4n) is 1.31. The zero-order chi connectivity index (χ0) is 8.39. The molecule has 0 amide bonds. The Kier molecular flexibility index (Phi) is 5.53. The summed E-state index contributed by atoms with van der Waals surface area (Å²) in [4.78, 5) is 0. The van der Waals surface area contributed by atoms with Gasteiger partial charge in [0.05, 0.1) is 11.7 Å². The van der Waals surface area contributed by atoms with Gasteiger partial charge in [0.25, 0.3) is 0 Å². The van der Waals surface area contributed by atoms with Crippen molar-refractivity contribution in [1.29, 1.82) is 0 Å². The van der Waals surface area contributed by atoms with Crippen LogP contribution in [0.1, 0.15) is 5.56 Å². The molecule has 0 aliphatic carbocycles. The van der Waals surface area contributed by atoms with Crippen LogP contribution in [0.2, 0.25) is 0 Å². The van der Waals surface area contributed by atoms with Gasteiger partial charge < -0.3 is 5.73 Å². The number of hydrogen-bond acceptors (Lipinski definition) is 2. The largest absolute Gasteiger partial charge is 0.330 e. The van der Waals surface area contributed by atoms with Crippen molar-refractivity contribution in [3.05, 3.63) is 30.0 Å². The molecule has 3 N–H and O–H groups in total. The lowest BCUT2D eigenvalue weighted by Gasteiger charge is -1.96. The normalized spacial score (nSPS) is 9.21. The lowest BCUT2D eigenvalue weighted by Crippen LogP contribution is -2.02. The molecule has 2 aromatic rings. The van der Waals surface area contributed by atoms with E-state index in [1.54, 1.807) is 0 Å². The van der Waals surface area contributed by atoms with Gasteiger partial charge >= 0.3 is 0 Å². The fraction of sp³-hybridized carbons (Fsp3) is 0.222. The Morgan fingerprint density at radius 1 is 1.29 bits per heavy atom. The zero-order valence-electron chi connectivity index (χ0n) is 7.56. The highest BCUT2D eigenvalue weighted by molar-refractivity contribution is 5.85. The average molecular weight is 234 g/mol. The van der Waals surface area contributed by atoms with E-state index in [-0.39, 0.29) is 24.8 Å². The Balaban J connectivity index is 0.000000845. The van der Waals surface area contributed by atoms with E-state index in [9.17, 15) is 0 Å². The number of benzene rings is 1. The van der Waals surface area contributed by atoms with Crippen molar-refractivity contribution in [2.45, 2.75) is 6.42 Å². The summed E-state index contributed by atoms with van der Waals surface area (Å²) in [5.41, 5.74) is 7.81. The number of aromatic amines is 1. The predicted octanol–water partition coefficient (Wildman–Crippen LogP) is 1.91. The molecule has 1 heterocycles. The molecular formula is C9H13Cl2N3. The SMILES string of the molecule is Cl.Cl.NCCc1ccc2[nH]ncc2c1. The van der Waals surface area contributed by atoms with Gasteiger partial charge in [-0.25, -0.2) is 0 Å². The van der Waals surface area contributed by atoms with Gasteiger partial charge in [-0.05, 0) is 30.7 Å². The summed E-state index contributed by atoms with van der Waals surface area (Å²) < 4.78 is 0. The third kappa shape index (κ3) is 2.61. The molecule has 3 nitrogen and oxygen atoms in total. The number of nitrogens with one attached hydrogen (secondary N) is 1. The first-order valence-corrected chi connectivity index (χ1v) is 4.02. The quantitative estimate of drug-likeness (QED) is 0.833. The fourth-order valence-corrected chi connectivity index (χ4v) is 1.31. The highest BCUT2D eigenvalue weighted by Crippen LogP contribution is 2.12. The van der Waals surface area contributed by atoms with Crippen molar-refractivity contribution >= 4 is 35.7 Å². The van der Waals surface area contributed by atoms with Crippen LogP contribution >= 0.6 is 24.8 Å². The second-order valence-corrected chi connectivity index (χ2v) is 2.83. The van der Waals surface area contributed by atoms with Gasteiger partial charge in [0.2, 0.25) is 0 Å². The molecule has 0 radical (unpaired) electrons. The van der Waals surface area contributed by atoms with E-state index < -0.39 is 0 Å². The number of nitrogens with zero attached hydrogens (tertiary/aromatic N) is 1. The number of hydrogen-bond donors (Lipinski definition) is 2. The third-order valence-corrected chi connectivity index (χ3v) is 1.94. The lowest BCUT2D eigenvalue weighted by atomic mass is 10.1. The second kappa shape index (κ2) is 5.86. The van der Waals surface area contributed by atoms with E-state index in [2.05, 4.69) is 22.3 Å². The minimum Gasteiger partial charge on any atom is -0.330 e. The van der Waals surface area contributed by atoms with E-state index in [1.807, 2.05) is 12.3 Å². The summed E-state index contributed by atoms with van der Waals surface area (Å²) in [7, 11) is 0. The van der Waals surface area contributed by atoms with Crippen molar-refractivity contribution in [3.8, 4) is 0 Å². The number of H-pyrrole nitrogens is 1. The van der Waals surface area contributed by atoms with Crippen LogP contribution < -0.4 is 5.73 Å². The van der Waals surface area contributed by atoms with Crippen LogP contribution in [0.15, 0.2) is 24.4 Å². The van der Waals surface area contributed by atoms with Gasteiger partial charge in [-0.2, -0.15) is 5.10 Å². The molecule has 2 rings (SSSR count). The first-order valence-electron chi connectivity index (χ1n) is 4.02. The average Bonchev–Trinajstić information content (AvgIpc) is 2.51. The second-order valence-electron chi connectivity index (χ2n) is 2.83. The van der Waals surface area contributed by atoms with Gasteiger partial charge in [-0.1, -0.05) is 6.07 Å². The Morgan fingerprint density at radius 2 is 2.07 bits per heavy atom. The van der Waals surface area contributed by atoms with Crippen LogP contribution in [0.5, 0.6) is 0 Å². The minimum absolute atomic E-state index is 0. The summed E-state index contributed by atoms with van der Waals surface area (Å²) in [5.74, 6) is 0. The molecule has 0 spiro atoms. The van der Waals surface area contributed by atoms with Crippen LogP contribution in [-0.2, 0) is 6.42 Å². The molecule has 5 heteroatoms. The first kappa shape index (κ1) is 13.2. The van der Waals surface area contributed by atoms with E-state index >= 15 is 0 Å². The summed E-state index contributed by atoms with van der Waals surface area (Å²) in [6.45, 7) is 0.698. The van der Waals surface area contributed by atoms with Crippen molar-refractivity contribution in [1.82, 2.24) is 10.2 Å². The standard InChI is InChI=1S/C9H11N3.2ClH/c10-4-3-7-1-2-9-8(5-7)6-11-12-9;;/h1-2,5-6H,3-4,10H2,(H,11,12);2*1H. The van der Waals surface area contributed by atoms with Crippen molar-refractivity contribution < 1.29 is 0 Å². The Hall–Kier alpha value is -0.770. The van der Waals surface area contributed by atoms with Crippen LogP contribution in [-0.4, -0.2) is 16.7 Å². The van der Waals surface area contributed by atoms with Crippen molar-refractivity contribution in [3.63, 3.8) is 0 Å². The van der Waals surface area contributed by atoms with Gasteiger partial charge in [0.1, 0.15) is 0 Å². The predicted molar refractivity (Wildman–Crippen MR) is 63.3 cm³/mol. The third-order valence-electron chi connectivity index (χ3n) is 1.94. The molecule has 1 aromatic carbocycles. The minimum atomic E-state index is 0. The van der Waals surface area contributed by atoms with E-state index in [0.717, 1.165) is 17.3 Å². The highest BCUT2D eigenvalue weighted by atomic mass is 35.5. The Morgan fingerprint density at radius 3 is 2.79 bits per heavy atom. The van der Waals surface area contributed by atoms with Crippen LogP contribution in [0.25, 0.3) is 10.9 Å². The van der Waals surface area contributed by atoms with Crippen molar-refractivity contribution in [2.24, 2.45) is 5.73 Å². The molecule has 0 aliphatic rings. The van der Waals surface area contributed by atoms with Gasteiger partial charge in [-0.15, -0.1) is 24.8 Å². The monoisotopic (exact) mass is 233 g/mol. The Labute approximate surface area is 94.9 Å². The van der Waals surface area contributed by atoms with Gasteiger partial charge in [0, 0.05) is 5.39 Å². The zero-order valence-corrected chi connectivity index (χ0v) is 9.20. The number of nitrogens with two attached hydrogens (primary N) is 1. The molecule has 0 fully saturated rings. The number of aromatic nitrogens is 2. The van der Waals surface area contributed by atoms with Crippen LogP contribution in [0.4, 0.5) is 0 Å². The van der Waals surface area contributed by atoms with E-state index in [1.165, 1.54) is 5.56 Å². The molecule has 0 bridgehead atoms. The van der Waals surface area contributed by atoms with E-state index in [4.69, 9.17) is 5.73 Å². The smallest absolute Gasteiger partial charge is 0.0650 e. The molecule has 0 saturated carbocycles. The molecule has 0 unspecified atom stereocenters. The molecule has 0 aliphatic heterocycles. The maximum absolute atomic E-state index is 5.46. The van der Waals surface area contributed by atoms with E-state index in [0.29, 0.717) is 6.54 Å². The number of rotatable bonds is 2. The number of halogens is 2. The molecule has 0 saturated heterocycles. The Bertz CT molecular complexity index is 386. The summed E-state index contributed by atoms with van der Waals surface area (Å²) in [6.07, 6.45) is 2.76. The van der Waals surface area contributed by atoms with Gasteiger partial charge in [-0.3, -0.25) is 5.10 Å². The topological polar surface area (TPSA) is 54.7 Å². The maximum Gasteiger partial charge on any atom is 0.0650 e. The van der Waals surface area contributed by atoms with Crippen molar-refractivity contribution in [2.75, 3.05) is 6.54 Å².